The van der Waals surface area contributed by atoms with Crippen molar-refractivity contribution in [1.82, 2.24) is 0 Å². The summed E-state index contributed by atoms with van der Waals surface area (Å²) >= 11 is 0. The van der Waals surface area contributed by atoms with Crippen molar-refractivity contribution in [1.29, 1.82) is 0 Å². The summed E-state index contributed by atoms with van der Waals surface area (Å²) in [6.45, 7) is 9.06. The molecule has 0 heterocycles. The van der Waals surface area contributed by atoms with Crippen LogP contribution in [0.2, 0.25) is 0 Å². The zero-order valence-electron chi connectivity index (χ0n) is 13.6. The van der Waals surface area contributed by atoms with Crippen LogP contribution in [-0.2, 0) is 0 Å². The first kappa shape index (κ1) is 15.6. The molecule has 2 rings (SSSR count). The van der Waals surface area contributed by atoms with Crippen molar-refractivity contribution < 1.29 is 5.11 Å². The van der Waals surface area contributed by atoms with Gasteiger partial charge in [0, 0.05) is 0 Å². The van der Waals surface area contributed by atoms with E-state index in [1.165, 1.54) is 22.3 Å². The zero-order chi connectivity index (χ0) is 15.4. The van der Waals surface area contributed by atoms with Gasteiger partial charge in [-0.2, -0.15) is 0 Å². The van der Waals surface area contributed by atoms with E-state index in [1.54, 1.807) is 12.1 Å². The standard InChI is InChI=1S/C20H26O/c1-5-14(3)18-8-7-9-19(15(4)6-2)20(18)16-10-12-17(21)13-11-16/h7-15,21H,5-6H2,1-4H3/t14-,15-/m1/s1. The van der Waals surface area contributed by atoms with Crippen LogP contribution < -0.4 is 0 Å². The lowest BCUT2D eigenvalue weighted by atomic mass is 9.82. The van der Waals surface area contributed by atoms with Gasteiger partial charge in [0.15, 0.2) is 0 Å². The molecule has 0 aliphatic heterocycles. The lowest BCUT2D eigenvalue weighted by Gasteiger charge is -2.22. The monoisotopic (exact) mass is 282 g/mol. The Hall–Kier alpha value is -1.76. The van der Waals surface area contributed by atoms with Crippen molar-refractivity contribution in [3.8, 4) is 16.9 Å². The number of phenols is 1. The van der Waals surface area contributed by atoms with Crippen LogP contribution in [0.4, 0.5) is 0 Å². The van der Waals surface area contributed by atoms with Crippen molar-refractivity contribution in [3.63, 3.8) is 0 Å². The summed E-state index contributed by atoms with van der Waals surface area (Å²) in [5, 5.41) is 9.55. The van der Waals surface area contributed by atoms with E-state index in [0.29, 0.717) is 17.6 Å². The first-order valence-corrected chi connectivity index (χ1v) is 8.00. The molecule has 0 bridgehead atoms. The van der Waals surface area contributed by atoms with E-state index < -0.39 is 0 Å². The van der Waals surface area contributed by atoms with Gasteiger partial charge < -0.3 is 5.11 Å². The Morgan fingerprint density at radius 3 is 1.71 bits per heavy atom. The van der Waals surface area contributed by atoms with E-state index in [2.05, 4.69) is 45.9 Å². The highest BCUT2D eigenvalue weighted by atomic mass is 16.3. The second-order valence-corrected chi connectivity index (χ2v) is 5.98. The quantitative estimate of drug-likeness (QED) is 0.704. The second-order valence-electron chi connectivity index (χ2n) is 5.98. The largest absolute Gasteiger partial charge is 0.508 e. The van der Waals surface area contributed by atoms with Crippen molar-refractivity contribution >= 4 is 0 Å². The maximum Gasteiger partial charge on any atom is 0.115 e. The molecule has 0 aliphatic rings. The number of hydrogen-bond donors (Lipinski definition) is 1. The molecule has 112 valence electrons. The SMILES string of the molecule is CC[C@@H](C)c1cccc([C@H](C)CC)c1-c1ccc(O)cc1. The topological polar surface area (TPSA) is 20.2 Å². The number of benzene rings is 2. The van der Waals surface area contributed by atoms with E-state index in [1.807, 2.05) is 12.1 Å². The zero-order valence-corrected chi connectivity index (χ0v) is 13.6. The van der Waals surface area contributed by atoms with Crippen LogP contribution in [0, 0.1) is 0 Å². The molecule has 1 heteroatoms. The third-order valence-electron chi connectivity index (χ3n) is 4.57. The van der Waals surface area contributed by atoms with E-state index in [-0.39, 0.29) is 0 Å². The summed E-state index contributed by atoms with van der Waals surface area (Å²) in [5.41, 5.74) is 5.40. The molecular weight excluding hydrogens is 256 g/mol. The summed E-state index contributed by atoms with van der Waals surface area (Å²) in [7, 11) is 0. The first-order valence-electron chi connectivity index (χ1n) is 8.00. The van der Waals surface area contributed by atoms with Gasteiger partial charge in [0.05, 0.1) is 0 Å². The Kier molecular flexibility index (Phi) is 5.06. The Morgan fingerprint density at radius 2 is 1.29 bits per heavy atom. The summed E-state index contributed by atoms with van der Waals surface area (Å²) in [4.78, 5) is 0. The smallest absolute Gasteiger partial charge is 0.115 e. The van der Waals surface area contributed by atoms with E-state index >= 15 is 0 Å². The Bertz CT molecular complexity index is 555. The van der Waals surface area contributed by atoms with Crippen LogP contribution in [0.3, 0.4) is 0 Å². The summed E-state index contributed by atoms with van der Waals surface area (Å²) in [6, 6.07) is 14.3. The fourth-order valence-corrected chi connectivity index (χ4v) is 2.81. The number of rotatable bonds is 5. The predicted octanol–water partition coefficient (Wildman–Crippen LogP) is 6.09. The lowest BCUT2D eigenvalue weighted by Crippen LogP contribution is -2.02. The fourth-order valence-electron chi connectivity index (χ4n) is 2.81. The molecule has 1 nitrogen and oxygen atoms in total. The third kappa shape index (κ3) is 3.29. The minimum absolute atomic E-state index is 0.324. The molecule has 0 amide bonds. The normalized spacial score (nSPS) is 13.9. The van der Waals surface area contributed by atoms with Crippen LogP contribution >= 0.6 is 0 Å². The number of aromatic hydroxyl groups is 1. The van der Waals surface area contributed by atoms with Crippen LogP contribution in [0.1, 0.15) is 63.5 Å². The molecule has 0 aliphatic carbocycles. The fraction of sp³-hybridized carbons (Fsp3) is 0.400. The van der Waals surface area contributed by atoms with Crippen LogP contribution in [-0.4, -0.2) is 5.11 Å². The average Bonchev–Trinajstić information content (AvgIpc) is 2.53. The summed E-state index contributed by atoms with van der Waals surface area (Å²) in [6.07, 6.45) is 2.27. The maximum atomic E-state index is 9.55. The van der Waals surface area contributed by atoms with Gasteiger partial charge in [-0.25, -0.2) is 0 Å². The van der Waals surface area contributed by atoms with Gasteiger partial charge in [-0.15, -0.1) is 0 Å². The predicted molar refractivity (Wildman–Crippen MR) is 91.0 cm³/mol. The molecule has 0 saturated carbocycles. The minimum atomic E-state index is 0.324. The molecule has 0 saturated heterocycles. The number of hydrogen-bond acceptors (Lipinski definition) is 1. The van der Waals surface area contributed by atoms with Gasteiger partial charge in [-0.05, 0) is 59.1 Å². The van der Waals surface area contributed by atoms with Gasteiger partial charge in [0.1, 0.15) is 5.75 Å². The summed E-state index contributed by atoms with van der Waals surface area (Å²) < 4.78 is 0. The molecule has 0 unspecified atom stereocenters. The van der Waals surface area contributed by atoms with Gasteiger partial charge in [0.2, 0.25) is 0 Å². The highest BCUT2D eigenvalue weighted by Gasteiger charge is 2.17. The van der Waals surface area contributed by atoms with Crippen molar-refractivity contribution in [2.45, 2.75) is 52.4 Å². The molecule has 0 radical (unpaired) electrons. The highest BCUT2D eigenvalue weighted by Crippen LogP contribution is 2.38. The highest BCUT2D eigenvalue weighted by molar-refractivity contribution is 5.73. The van der Waals surface area contributed by atoms with Gasteiger partial charge >= 0.3 is 0 Å². The molecule has 0 fully saturated rings. The maximum absolute atomic E-state index is 9.55. The second kappa shape index (κ2) is 6.80. The van der Waals surface area contributed by atoms with Gasteiger partial charge in [0.25, 0.3) is 0 Å². The van der Waals surface area contributed by atoms with Crippen LogP contribution in [0.5, 0.6) is 5.75 Å². The van der Waals surface area contributed by atoms with Crippen molar-refractivity contribution in [3.05, 3.63) is 53.6 Å². The molecule has 2 aromatic carbocycles. The van der Waals surface area contributed by atoms with E-state index in [0.717, 1.165) is 12.8 Å². The molecule has 0 spiro atoms. The van der Waals surface area contributed by atoms with Gasteiger partial charge in [-0.1, -0.05) is 58.0 Å². The van der Waals surface area contributed by atoms with E-state index in [4.69, 9.17) is 0 Å². The molecule has 2 atom stereocenters. The summed E-state index contributed by atoms with van der Waals surface area (Å²) in [5.74, 6) is 1.40. The molecule has 2 aromatic rings. The Labute approximate surface area is 128 Å². The van der Waals surface area contributed by atoms with E-state index in [9.17, 15) is 5.11 Å². The molecule has 21 heavy (non-hydrogen) atoms. The minimum Gasteiger partial charge on any atom is -0.508 e. The molecule has 1 N–H and O–H groups in total. The van der Waals surface area contributed by atoms with Crippen LogP contribution in [0.15, 0.2) is 42.5 Å². The Balaban J connectivity index is 2.65. The molecule has 0 aromatic heterocycles. The van der Waals surface area contributed by atoms with Crippen molar-refractivity contribution in [2.24, 2.45) is 0 Å². The van der Waals surface area contributed by atoms with Gasteiger partial charge in [-0.3, -0.25) is 0 Å². The van der Waals surface area contributed by atoms with Crippen molar-refractivity contribution in [2.75, 3.05) is 0 Å². The Morgan fingerprint density at radius 1 is 0.810 bits per heavy atom. The third-order valence-corrected chi connectivity index (χ3v) is 4.57. The number of phenolic OH excluding ortho intramolecular Hbond substituents is 1. The first-order chi connectivity index (χ1) is 10.1. The lowest BCUT2D eigenvalue weighted by molar-refractivity contribution is 0.475. The van der Waals surface area contributed by atoms with Crippen LogP contribution in [0.25, 0.3) is 11.1 Å². The average molecular weight is 282 g/mol. The molecular formula is C20H26O.